The second-order valence-corrected chi connectivity index (χ2v) is 7.05. The van der Waals surface area contributed by atoms with E-state index in [4.69, 9.17) is 9.47 Å². The average molecular weight is 412 g/mol. The van der Waals surface area contributed by atoms with Gasteiger partial charge in [0.15, 0.2) is 0 Å². The van der Waals surface area contributed by atoms with E-state index in [1.54, 1.807) is 14.2 Å². The standard InChI is InChI=1S/C22H28N4O4/c1-29-19-9-5-3-7-17(19)23-21(27)15-25-11-13-26(14-12-25)16-22(28)24-18-8-4-6-10-20(18)30-2/h3-10H,11-16H2,1-2H3,(H,23,27)(H,24,28). The average Bonchev–Trinajstić information content (AvgIpc) is 2.76. The maximum absolute atomic E-state index is 12.4. The normalized spacial score (nSPS) is 14.7. The lowest BCUT2D eigenvalue weighted by molar-refractivity contribution is -0.120. The van der Waals surface area contributed by atoms with Gasteiger partial charge in [0.1, 0.15) is 11.5 Å². The topological polar surface area (TPSA) is 83.1 Å². The Bertz CT molecular complexity index is 794. The molecule has 2 aromatic carbocycles. The van der Waals surface area contributed by atoms with Crippen molar-refractivity contribution >= 4 is 23.2 Å². The molecule has 1 aliphatic rings. The highest BCUT2D eigenvalue weighted by Gasteiger charge is 2.21. The Labute approximate surface area is 176 Å². The molecule has 1 saturated heterocycles. The number of ether oxygens (including phenoxy) is 2. The molecular weight excluding hydrogens is 384 g/mol. The molecule has 1 aliphatic heterocycles. The summed E-state index contributed by atoms with van der Waals surface area (Å²) in [6, 6.07) is 14.7. The highest BCUT2D eigenvalue weighted by atomic mass is 16.5. The predicted molar refractivity (Wildman–Crippen MR) is 116 cm³/mol. The number of hydrogen-bond donors (Lipinski definition) is 2. The Morgan fingerprint density at radius 3 is 1.47 bits per heavy atom. The maximum atomic E-state index is 12.4. The Morgan fingerprint density at radius 2 is 1.10 bits per heavy atom. The van der Waals surface area contributed by atoms with Crippen molar-refractivity contribution in [3.63, 3.8) is 0 Å². The molecule has 8 heteroatoms. The third-order valence-electron chi connectivity index (χ3n) is 4.96. The number of carbonyl (C=O) groups excluding carboxylic acids is 2. The van der Waals surface area contributed by atoms with Crippen LogP contribution in [0.25, 0.3) is 0 Å². The van der Waals surface area contributed by atoms with Crippen molar-refractivity contribution in [2.75, 3.05) is 64.1 Å². The van der Waals surface area contributed by atoms with Crippen LogP contribution in [0, 0.1) is 0 Å². The molecule has 0 unspecified atom stereocenters. The minimum absolute atomic E-state index is 0.0816. The molecule has 2 N–H and O–H groups in total. The summed E-state index contributed by atoms with van der Waals surface area (Å²) in [5, 5.41) is 5.79. The van der Waals surface area contributed by atoms with Crippen LogP contribution < -0.4 is 20.1 Å². The zero-order valence-corrected chi connectivity index (χ0v) is 17.4. The first kappa shape index (κ1) is 21.6. The molecule has 30 heavy (non-hydrogen) atoms. The second kappa shape index (κ2) is 10.6. The minimum atomic E-state index is -0.0816. The number of nitrogens with zero attached hydrogens (tertiary/aromatic N) is 2. The summed E-state index contributed by atoms with van der Waals surface area (Å²) in [5.41, 5.74) is 1.33. The van der Waals surface area contributed by atoms with E-state index in [9.17, 15) is 9.59 Å². The van der Waals surface area contributed by atoms with Crippen molar-refractivity contribution in [1.29, 1.82) is 0 Å². The van der Waals surface area contributed by atoms with Crippen LogP contribution in [0.5, 0.6) is 11.5 Å². The first-order valence-corrected chi connectivity index (χ1v) is 9.89. The SMILES string of the molecule is COc1ccccc1NC(=O)CN1CCN(CC(=O)Nc2ccccc2OC)CC1. The fraction of sp³-hybridized carbons (Fsp3) is 0.364. The number of rotatable bonds is 8. The van der Waals surface area contributed by atoms with Crippen LogP contribution in [0.2, 0.25) is 0 Å². The van der Waals surface area contributed by atoms with Crippen molar-refractivity contribution in [2.45, 2.75) is 0 Å². The largest absolute Gasteiger partial charge is 0.495 e. The van der Waals surface area contributed by atoms with Gasteiger partial charge in [-0.25, -0.2) is 0 Å². The maximum Gasteiger partial charge on any atom is 0.238 e. The van der Waals surface area contributed by atoms with Gasteiger partial charge in [-0.05, 0) is 24.3 Å². The van der Waals surface area contributed by atoms with Crippen LogP contribution in [0.4, 0.5) is 11.4 Å². The monoisotopic (exact) mass is 412 g/mol. The van der Waals surface area contributed by atoms with Gasteiger partial charge in [0, 0.05) is 26.2 Å². The molecule has 3 rings (SSSR count). The lowest BCUT2D eigenvalue weighted by Gasteiger charge is -2.33. The van der Waals surface area contributed by atoms with Gasteiger partial charge in [-0.1, -0.05) is 24.3 Å². The van der Waals surface area contributed by atoms with Gasteiger partial charge >= 0.3 is 0 Å². The third kappa shape index (κ3) is 5.95. The lowest BCUT2D eigenvalue weighted by Crippen LogP contribution is -2.50. The number of nitrogens with one attached hydrogen (secondary N) is 2. The second-order valence-electron chi connectivity index (χ2n) is 7.05. The van der Waals surface area contributed by atoms with Crippen molar-refractivity contribution in [1.82, 2.24) is 9.80 Å². The summed E-state index contributed by atoms with van der Waals surface area (Å²) in [6.07, 6.45) is 0. The molecule has 1 fully saturated rings. The number of para-hydroxylation sites is 4. The molecule has 0 aromatic heterocycles. The molecule has 0 radical (unpaired) electrons. The Balaban J connectivity index is 1.42. The fourth-order valence-corrected chi connectivity index (χ4v) is 3.39. The summed E-state index contributed by atoms with van der Waals surface area (Å²) in [4.78, 5) is 28.9. The van der Waals surface area contributed by atoms with E-state index in [1.807, 2.05) is 48.5 Å². The lowest BCUT2D eigenvalue weighted by atomic mass is 10.2. The predicted octanol–water partition coefficient (Wildman–Crippen LogP) is 1.90. The molecule has 0 spiro atoms. The first-order valence-electron chi connectivity index (χ1n) is 9.89. The molecule has 8 nitrogen and oxygen atoms in total. The van der Waals surface area contributed by atoms with E-state index in [2.05, 4.69) is 20.4 Å². The Morgan fingerprint density at radius 1 is 0.733 bits per heavy atom. The molecule has 0 atom stereocenters. The van der Waals surface area contributed by atoms with Crippen molar-refractivity contribution in [3.05, 3.63) is 48.5 Å². The fourth-order valence-electron chi connectivity index (χ4n) is 3.39. The van der Waals surface area contributed by atoms with Gasteiger partial charge in [0.25, 0.3) is 0 Å². The smallest absolute Gasteiger partial charge is 0.238 e. The number of carbonyl (C=O) groups is 2. The number of methoxy groups -OCH3 is 2. The van der Waals surface area contributed by atoms with Gasteiger partial charge in [-0.3, -0.25) is 19.4 Å². The molecule has 160 valence electrons. The van der Waals surface area contributed by atoms with E-state index < -0.39 is 0 Å². The van der Waals surface area contributed by atoms with E-state index in [0.29, 0.717) is 36.0 Å². The molecule has 0 saturated carbocycles. The van der Waals surface area contributed by atoms with Crippen LogP contribution in [0.15, 0.2) is 48.5 Å². The summed E-state index contributed by atoms with van der Waals surface area (Å²) >= 11 is 0. The van der Waals surface area contributed by atoms with Crippen molar-refractivity contribution in [2.24, 2.45) is 0 Å². The minimum Gasteiger partial charge on any atom is -0.495 e. The molecule has 2 aromatic rings. The van der Waals surface area contributed by atoms with Gasteiger partial charge in [-0.15, -0.1) is 0 Å². The number of anilines is 2. The molecule has 0 bridgehead atoms. The zero-order chi connectivity index (χ0) is 21.3. The van der Waals surface area contributed by atoms with Crippen LogP contribution in [-0.2, 0) is 9.59 Å². The van der Waals surface area contributed by atoms with Gasteiger partial charge in [-0.2, -0.15) is 0 Å². The summed E-state index contributed by atoms with van der Waals surface area (Å²) in [7, 11) is 3.16. The molecule has 0 aliphatic carbocycles. The summed E-state index contributed by atoms with van der Waals surface area (Å²) in [5.74, 6) is 1.11. The van der Waals surface area contributed by atoms with Crippen LogP contribution in [-0.4, -0.2) is 75.1 Å². The molecule has 2 amide bonds. The third-order valence-corrected chi connectivity index (χ3v) is 4.96. The van der Waals surface area contributed by atoms with E-state index in [1.165, 1.54) is 0 Å². The van der Waals surface area contributed by atoms with E-state index in [-0.39, 0.29) is 11.8 Å². The Hall–Kier alpha value is -3.10. The molecule has 1 heterocycles. The van der Waals surface area contributed by atoms with E-state index >= 15 is 0 Å². The highest BCUT2D eigenvalue weighted by molar-refractivity contribution is 5.94. The number of piperazine rings is 1. The number of amides is 2. The number of benzene rings is 2. The summed E-state index contributed by atoms with van der Waals surface area (Å²) in [6.45, 7) is 3.50. The van der Waals surface area contributed by atoms with Gasteiger partial charge in [0.05, 0.1) is 38.7 Å². The first-order chi connectivity index (χ1) is 14.6. The van der Waals surface area contributed by atoms with Crippen LogP contribution in [0.3, 0.4) is 0 Å². The zero-order valence-electron chi connectivity index (χ0n) is 17.4. The van der Waals surface area contributed by atoms with Gasteiger partial charge < -0.3 is 20.1 Å². The van der Waals surface area contributed by atoms with Crippen molar-refractivity contribution in [3.8, 4) is 11.5 Å². The van der Waals surface area contributed by atoms with Crippen LogP contribution in [0.1, 0.15) is 0 Å². The molecular formula is C22H28N4O4. The highest BCUT2D eigenvalue weighted by Crippen LogP contribution is 2.23. The summed E-state index contributed by atoms with van der Waals surface area (Å²) < 4.78 is 10.5. The Kier molecular flexibility index (Phi) is 7.64. The van der Waals surface area contributed by atoms with Crippen molar-refractivity contribution < 1.29 is 19.1 Å². The quantitative estimate of drug-likeness (QED) is 0.689. The van der Waals surface area contributed by atoms with E-state index in [0.717, 1.165) is 26.2 Å². The van der Waals surface area contributed by atoms with Gasteiger partial charge in [0.2, 0.25) is 11.8 Å². The number of hydrogen-bond acceptors (Lipinski definition) is 6. The van der Waals surface area contributed by atoms with Crippen LogP contribution >= 0.6 is 0 Å².